The summed E-state index contributed by atoms with van der Waals surface area (Å²) in [5, 5.41) is 15.3. The summed E-state index contributed by atoms with van der Waals surface area (Å²) in [6.45, 7) is 2.18. The Morgan fingerprint density at radius 3 is 2.81 bits per heavy atom. The second-order valence-corrected chi connectivity index (χ2v) is 6.56. The molecule has 88 valence electrons. The fraction of sp³-hybridized carbons (Fsp3) is 0.500. The number of hydrogen-bond acceptors (Lipinski definition) is 4. The van der Waals surface area contributed by atoms with Gasteiger partial charge in [0.05, 0.1) is 15.7 Å². The molecule has 0 bridgehead atoms. The van der Waals surface area contributed by atoms with Gasteiger partial charge >= 0.3 is 5.97 Å². The number of rotatable bonds is 5. The second-order valence-electron chi connectivity index (χ2n) is 4.01. The largest absolute Gasteiger partial charge is 0.481 e. The molecule has 1 saturated heterocycles. The molecule has 1 aliphatic rings. The van der Waals surface area contributed by atoms with Crippen molar-refractivity contribution in [2.45, 2.75) is 18.5 Å². The van der Waals surface area contributed by atoms with E-state index in [0.717, 1.165) is 23.4 Å². The van der Waals surface area contributed by atoms with E-state index in [-0.39, 0.29) is 12.0 Å². The highest BCUT2D eigenvalue weighted by Gasteiger charge is 2.38. The fourth-order valence-corrected chi connectivity index (χ4v) is 3.17. The van der Waals surface area contributed by atoms with Gasteiger partial charge in [-0.25, -0.2) is 0 Å². The summed E-state index contributed by atoms with van der Waals surface area (Å²) in [5.74, 6) is -0.749. The van der Waals surface area contributed by atoms with Crippen LogP contribution in [0.4, 0.5) is 0 Å². The summed E-state index contributed by atoms with van der Waals surface area (Å²) in [6, 6.07) is 4.05. The molecule has 6 heteroatoms. The predicted molar refractivity (Wildman–Crippen MR) is 66.7 cm³/mol. The number of nitrogens with one attached hydrogen (secondary N) is 2. The van der Waals surface area contributed by atoms with Crippen LogP contribution >= 0.6 is 27.3 Å². The van der Waals surface area contributed by atoms with Gasteiger partial charge in [-0.2, -0.15) is 0 Å². The van der Waals surface area contributed by atoms with Crippen molar-refractivity contribution >= 4 is 33.2 Å². The summed E-state index contributed by atoms with van der Waals surface area (Å²) in [5.41, 5.74) is -0.262. The van der Waals surface area contributed by atoms with E-state index in [1.165, 1.54) is 4.88 Å². The Morgan fingerprint density at radius 2 is 2.38 bits per heavy atom. The number of carboxylic acid groups (broad SMARTS) is 1. The molecule has 0 radical (unpaired) electrons. The molecule has 1 aliphatic heterocycles. The van der Waals surface area contributed by atoms with E-state index in [9.17, 15) is 4.79 Å². The minimum Gasteiger partial charge on any atom is -0.481 e. The van der Waals surface area contributed by atoms with Crippen LogP contribution < -0.4 is 10.6 Å². The monoisotopic (exact) mass is 304 g/mol. The van der Waals surface area contributed by atoms with Gasteiger partial charge in [0.15, 0.2) is 0 Å². The van der Waals surface area contributed by atoms with Gasteiger partial charge in [0.1, 0.15) is 0 Å². The molecule has 0 atom stereocenters. The van der Waals surface area contributed by atoms with E-state index in [0.29, 0.717) is 0 Å². The van der Waals surface area contributed by atoms with E-state index in [1.807, 2.05) is 12.1 Å². The lowest BCUT2D eigenvalue weighted by molar-refractivity contribution is -0.139. The molecular weight excluding hydrogens is 292 g/mol. The standard InChI is InChI=1S/C10H13BrN2O2S/c11-8-2-1-7(16-8)4-13-10(3-9(14)15)5-12-6-10/h1-2,12-13H,3-6H2,(H,14,15). The number of carbonyl (C=O) groups is 1. The van der Waals surface area contributed by atoms with Gasteiger partial charge in [0, 0.05) is 24.5 Å². The molecule has 4 nitrogen and oxygen atoms in total. The lowest BCUT2D eigenvalue weighted by atomic mass is 9.88. The van der Waals surface area contributed by atoms with E-state index >= 15 is 0 Å². The molecule has 0 amide bonds. The molecule has 3 N–H and O–H groups in total. The van der Waals surface area contributed by atoms with Gasteiger partial charge in [-0.05, 0) is 28.1 Å². The molecule has 2 rings (SSSR count). The van der Waals surface area contributed by atoms with E-state index < -0.39 is 5.97 Å². The fourth-order valence-electron chi connectivity index (χ4n) is 1.75. The molecule has 1 fully saturated rings. The Labute approximate surface area is 106 Å². The maximum atomic E-state index is 10.8. The second kappa shape index (κ2) is 4.83. The van der Waals surface area contributed by atoms with Crippen molar-refractivity contribution in [3.8, 4) is 0 Å². The molecule has 0 aliphatic carbocycles. The third-order valence-electron chi connectivity index (χ3n) is 2.68. The van der Waals surface area contributed by atoms with Crippen LogP contribution in [0.5, 0.6) is 0 Å². The average Bonchev–Trinajstić information content (AvgIpc) is 2.55. The SMILES string of the molecule is O=C(O)CC1(NCc2ccc(Br)s2)CNC1. The van der Waals surface area contributed by atoms with Gasteiger partial charge in [-0.15, -0.1) is 11.3 Å². The summed E-state index contributed by atoms with van der Waals surface area (Å²) in [7, 11) is 0. The first-order chi connectivity index (χ1) is 7.60. The zero-order chi connectivity index (χ0) is 11.6. The third-order valence-corrected chi connectivity index (χ3v) is 4.31. The van der Waals surface area contributed by atoms with Gasteiger partial charge in [-0.3, -0.25) is 4.79 Å². The quantitative estimate of drug-likeness (QED) is 0.770. The summed E-state index contributed by atoms with van der Waals surface area (Å²) >= 11 is 5.08. The van der Waals surface area contributed by atoms with Crippen molar-refractivity contribution in [2.24, 2.45) is 0 Å². The lowest BCUT2D eigenvalue weighted by Gasteiger charge is -2.42. The summed E-state index contributed by atoms with van der Waals surface area (Å²) in [6.07, 6.45) is 0.173. The molecule has 0 aromatic carbocycles. The smallest absolute Gasteiger partial charge is 0.305 e. The topological polar surface area (TPSA) is 61.4 Å². The van der Waals surface area contributed by atoms with Crippen molar-refractivity contribution in [3.63, 3.8) is 0 Å². The van der Waals surface area contributed by atoms with E-state index in [1.54, 1.807) is 11.3 Å². The third kappa shape index (κ3) is 2.82. The number of aliphatic carboxylic acids is 1. The summed E-state index contributed by atoms with van der Waals surface area (Å²) < 4.78 is 1.10. The molecular formula is C10H13BrN2O2S. The first-order valence-electron chi connectivity index (χ1n) is 5.01. The highest BCUT2D eigenvalue weighted by atomic mass is 79.9. The van der Waals surface area contributed by atoms with Crippen LogP contribution in [-0.4, -0.2) is 29.7 Å². The Balaban J connectivity index is 1.90. The van der Waals surface area contributed by atoms with Gasteiger partial charge < -0.3 is 15.7 Å². The Kier molecular flexibility index (Phi) is 3.63. The normalized spacial score (nSPS) is 18.1. The molecule has 0 unspecified atom stereocenters. The number of hydrogen-bond donors (Lipinski definition) is 3. The van der Waals surface area contributed by atoms with Crippen LogP contribution in [0.3, 0.4) is 0 Å². The number of carboxylic acids is 1. The number of halogens is 1. The first-order valence-corrected chi connectivity index (χ1v) is 6.62. The van der Waals surface area contributed by atoms with Crippen LogP contribution in [-0.2, 0) is 11.3 Å². The maximum absolute atomic E-state index is 10.8. The lowest BCUT2D eigenvalue weighted by Crippen LogP contribution is -2.68. The van der Waals surface area contributed by atoms with Gasteiger partial charge in [-0.1, -0.05) is 0 Å². The van der Waals surface area contributed by atoms with E-state index in [4.69, 9.17) is 5.11 Å². The van der Waals surface area contributed by atoms with Gasteiger partial charge in [0.2, 0.25) is 0 Å². The average molecular weight is 305 g/mol. The molecule has 1 aromatic heterocycles. The van der Waals surface area contributed by atoms with Crippen molar-refractivity contribution in [3.05, 3.63) is 20.8 Å². The minimum atomic E-state index is -0.749. The highest BCUT2D eigenvalue weighted by Crippen LogP contribution is 2.23. The maximum Gasteiger partial charge on any atom is 0.305 e. The Morgan fingerprint density at radius 1 is 1.62 bits per heavy atom. The molecule has 1 aromatic rings. The molecule has 16 heavy (non-hydrogen) atoms. The van der Waals surface area contributed by atoms with Crippen LogP contribution in [0, 0.1) is 0 Å². The highest BCUT2D eigenvalue weighted by molar-refractivity contribution is 9.11. The van der Waals surface area contributed by atoms with Crippen molar-refractivity contribution in [1.82, 2.24) is 10.6 Å². The van der Waals surface area contributed by atoms with Crippen molar-refractivity contribution < 1.29 is 9.90 Å². The van der Waals surface area contributed by atoms with E-state index in [2.05, 4.69) is 26.6 Å². The van der Waals surface area contributed by atoms with Crippen LogP contribution in [0.15, 0.2) is 15.9 Å². The van der Waals surface area contributed by atoms with Crippen molar-refractivity contribution in [2.75, 3.05) is 13.1 Å². The zero-order valence-electron chi connectivity index (χ0n) is 8.62. The first kappa shape index (κ1) is 12.0. The molecule has 2 heterocycles. The van der Waals surface area contributed by atoms with Crippen LogP contribution in [0.2, 0.25) is 0 Å². The zero-order valence-corrected chi connectivity index (χ0v) is 11.0. The van der Waals surface area contributed by atoms with Gasteiger partial charge in [0.25, 0.3) is 0 Å². The number of thiophene rings is 1. The van der Waals surface area contributed by atoms with Crippen molar-refractivity contribution in [1.29, 1.82) is 0 Å². The van der Waals surface area contributed by atoms with Crippen LogP contribution in [0.1, 0.15) is 11.3 Å². The van der Waals surface area contributed by atoms with Crippen LogP contribution in [0.25, 0.3) is 0 Å². The molecule has 0 saturated carbocycles. The Bertz CT molecular complexity index is 390. The minimum absolute atomic E-state index is 0.173. The molecule has 0 spiro atoms. The summed E-state index contributed by atoms with van der Waals surface area (Å²) in [4.78, 5) is 12.0. The Hall–Kier alpha value is -0.430. The predicted octanol–water partition coefficient (Wildman–Crippen LogP) is 1.42.